The van der Waals surface area contributed by atoms with Crippen LogP contribution >= 0.6 is 0 Å². The van der Waals surface area contributed by atoms with Crippen molar-refractivity contribution in [2.75, 3.05) is 6.61 Å². The zero-order valence-corrected chi connectivity index (χ0v) is 13.2. The quantitative estimate of drug-likeness (QED) is 0.605. The Morgan fingerprint density at radius 3 is 2.20 bits per heavy atom. The Morgan fingerprint density at radius 1 is 1.20 bits per heavy atom. The van der Waals surface area contributed by atoms with Gasteiger partial charge in [-0.05, 0) is 18.1 Å². The van der Waals surface area contributed by atoms with Crippen molar-refractivity contribution in [3.05, 3.63) is 30.3 Å². The SMILES string of the molecule is CC(C)COS(=O)(=O)c1ccccc1.[K]. The molecule has 1 aromatic rings. The van der Waals surface area contributed by atoms with Crippen molar-refractivity contribution in [3.8, 4) is 0 Å². The number of hydrogen-bond donors (Lipinski definition) is 0. The first kappa shape index (κ1) is 15.8. The zero-order valence-electron chi connectivity index (χ0n) is 9.30. The van der Waals surface area contributed by atoms with Crippen molar-refractivity contribution >= 4 is 61.5 Å². The van der Waals surface area contributed by atoms with Gasteiger partial charge in [-0.2, -0.15) is 8.42 Å². The van der Waals surface area contributed by atoms with Crippen LogP contribution in [0, 0.1) is 5.92 Å². The fourth-order valence-electron chi connectivity index (χ4n) is 0.881. The first-order valence-corrected chi connectivity index (χ1v) is 5.87. The molecule has 0 unspecified atom stereocenters. The molecule has 15 heavy (non-hydrogen) atoms. The predicted molar refractivity (Wildman–Crippen MR) is 60.2 cm³/mol. The standard InChI is InChI=1S/C10H14O3S.K/c1-9(2)8-13-14(11,12)10-6-4-3-5-7-10;/h3-7,9H,8H2,1-2H3;. The molecule has 1 rings (SSSR count). The number of hydrogen-bond acceptors (Lipinski definition) is 3. The van der Waals surface area contributed by atoms with E-state index in [4.69, 9.17) is 4.18 Å². The largest absolute Gasteiger partial charge is 0.296 e. The molecule has 0 saturated heterocycles. The second-order valence-corrected chi connectivity index (χ2v) is 5.06. The maximum atomic E-state index is 11.5. The fraction of sp³-hybridized carbons (Fsp3) is 0.400. The third kappa shape index (κ3) is 5.58. The third-order valence-electron chi connectivity index (χ3n) is 1.59. The van der Waals surface area contributed by atoms with E-state index >= 15 is 0 Å². The molecule has 0 aromatic heterocycles. The summed E-state index contributed by atoms with van der Waals surface area (Å²) in [5.41, 5.74) is 0. The summed E-state index contributed by atoms with van der Waals surface area (Å²) < 4.78 is 27.9. The Kier molecular flexibility index (Phi) is 7.53. The average molecular weight is 253 g/mol. The van der Waals surface area contributed by atoms with Gasteiger partial charge in [0.15, 0.2) is 0 Å². The Morgan fingerprint density at radius 2 is 1.73 bits per heavy atom. The van der Waals surface area contributed by atoms with E-state index in [-0.39, 0.29) is 68.8 Å². The van der Waals surface area contributed by atoms with Crippen LogP contribution in [0.5, 0.6) is 0 Å². The van der Waals surface area contributed by atoms with Gasteiger partial charge in [-0.25, -0.2) is 0 Å². The smallest absolute Gasteiger partial charge is 0.266 e. The number of benzene rings is 1. The van der Waals surface area contributed by atoms with E-state index in [0.717, 1.165) is 0 Å². The van der Waals surface area contributed by atoms with Crippen molar-refractivity contribution in [3.63, 3.8) is 0 Å². The summed E-state index contributed by atoms with van der Waals surface area (Å²) in [7, 11) is -3.56. The Hall–Kier alpha value is 0.766. The van der Waals surface area contributed by atoms with E-state index in [1.54, 1.807) is 18.2 Å². The van der Waals surface area contributed by atoms with Gasteiger partial charge in [-0.15, -0.1) is 0 Å². The molecule has 3 nitrogen and oxygen atoms in total. The molecule has 0 aliphatic heterocycles. The van der Waals surface area contributed by atoms with Crippen LogP contribution in [0.3, 0.4) is 0 Å². The summed E-state index contributed by atoms with van der Waals surface area (Å²) in [6, 6.07) is 8.16. The van der Waals surface area contributed by atoms with Crippen molar-refractivity contribution in [1.29, 1.82) is 0 Å². The molecule has 0 amide bonds. The molecular weight excluding hydrogens is 239 g/mol. The molecule has 0 saturated carbocycles. The van der Waals surface area contributed by atoms with Gasteiger partial charge in [0.05, 0.1) is 11.5 Å². The fourth-order valence-corrected chi connectivity index (χ4v) is 1.96. The molecule has 0 spiro atoms. The summed E-state index contributed by atoms with van der Waals surface area (Å²) in [4.78, 5) is 0.209. The molecule has 0 N–H and O–H groups in total. The van der Waals surface area contributed by atoms with Gasteiger partial charge >= 0.3 is 0 Å². The van der Waals surface area contributed by atoms with E-state index in [1.807, 2.05) is 13.8 Å². The Balaban J connectivity index is 0.00000196. The van der Waals surface area contributed by atoms with Gasteiger partial charge in [0.1, 0.15) is 0 Å². The minimum atomic E-state index is -3.56. The molecule has 5 heteroatoms. The Bertz CT molecular complexity index is 373. The molecule has 0 fully saturated rings. The van der Waals surface area contributed by atoms with Crippen LogP contribution < -0.4 is 0 Å². The monoisotopic (exact) mass is 253 g/mol. The van der Waals surface area contributed by atoms with Crippen LogP contribution in [-0.2, 0) is 14.3 Å². The second-order valence-electron chi connectivity index (χ2n) is 3.45. The number of rotatable bonds is 4. The molecule has 0 atom stereocenters. The molecule has 0 bridgehead atoms. The van der Waals surface area contributed by atoms with Crippen molar-refractivity contribution in [2.45, 2.75) is 18.7 Å². The van der Waals surface area contributed by atoms with Gasteiger partial charge in [-0.3, -0.25) is 4.18 Å². The summed E-state index contributed by atoms with van der Waals surface area (Å²) in [5, 5.41) is 0. The molecule has 79 valence electrons. The topological polar surface area (TPSA) is 43.4 Å². The maximum Gasteiger partial charge on any atom is 0.296 e. The van der Waals surface area contributed by atoms with Crippen LogP contribution in [0.15, 0.2) is 35.2 Å². The summed E-state index contributed by atoms with van der Waals surface area (Å²) in [6.07, 6.45) is 0. The molecule has 0 aliphatic carbocycles. The van der Waals surface area contributed by atoms with Gasteiger partial charge in [-0.1, -0.05) is 32.0 Å². The average Bonchev–Trinajstić information content (AvgIpc) is 2.16. The summed E-state index contributed by atoms with van der Waals surface area (Å²) >= 11 is 0. The minimum absolute atomic E-state index is 0. The van der Waals surface area contributed by atoms with Crippen LogP contribution in [0.25, 0.3) is 0 Å². The molecular formula is C10H14KO3S. The van der Waals surface area contributed by atoms with Crippen LogP contribution in [0.4, 0.5) is 0 Å². The summed E-state index contributed by atoms with van der Waals surface area (Å²) in [5.74, 6) is 0.202. The van der Waals surface area contributed by atoms with E-state index < -0.39 is 10.1 Å². The van der Waals surface area contributed by atoms with Crippen molar-refractivity contribution < 1.29 is 12.6 Å². The second kappa shape index (κ2) is 7.16. The van der Waals surface area contributed by atoms with E-state index in [0.29, 0.717) is 0 Å². The van der Waals surface area contributed by atoms with Crippen LogP contribution in [-0.4, -0.2) is 66.4 Å². The van der Waals surface area contributed by atoms with Crippen LogP contribution in [0.1, 0.15) is 13.8 Å². The minimum Gasteiger partial charge on any atom is -0.266 e. The first-order chi connectivity index (χ1) is 6.52. The molecule has 0 aliphatic rings. The molecule has 1 radical (unpaired) electrons. The van der Waals surface area contributed by atoms with E-state index in [9.17, 15) is 8.42 Å². The molecule has 1 aromatic carbocycles. The maximum absolute atomic E-state index is 11.5. The zero-order chi connectivity index (χ0) is 10.6. The van der Waals surface area contributed by atoms with Crippen LogP contribution in [0.2, 0.25) is 0 Å². The van der Waals surface area contributed by atoms with Crippen molar-refractivity contribution in [2.24, 2.45) is 5.92 Å². The van der Waals surface area contributed by atoms with E-state index in [2.05, 4.69) is 0 Å². The van der Waals surface area contributed by atoms with Gasteiger partial charge in [0.2, 0.25) is 0 Å². The van der Waals surface area contributed by atoms with Gasteiger partial charge in [0.25, 0.3) is 10.1 Å². The predicted octanol–water partition coefficient (Wildman–Crippen LogP) is 1.67. The normalized spacial score (nSPS) is 11.1. The first-order valence-electron chi connectivity index (χ1n) is 4.47. The van der Waals surface area contributed by atoms with Gasteiger partial charge < -0.3 is 0 Å². The molecule has 0 heterocycles. The van der Waals surface area contributed by atoms with E-state index in [1.165, 1.54) is 12.1 Å². The van der Waals surface area contributed by atoms with Crippen molar-refractivity contribution in [1.82, 2.24) is 0 Å². The Labute approximate surface area is 134 Å². The summed E-state index contributed by atoms with van der Waals surface area (Å²) in [6.45, 7) is 4.03. The third-order valence-corrected chi connectivity index (χ3v) is 2.88. The van der Waals surface area contributed by atoms with Gasteiger partial charge in [0, 0.05) is 51.4 Å².